The molecule has 0 aliphatic carbocycles. The number of amides is 1. The van der Waals surface area contributed by atoms with E-state index >= 15 is 0 Å². The summed E-state index contributed by atoms with van der Waals surface area (Å²) in [6, 6.07) is 8.96. The van der Waals surface area contributed by atoms with Crippen LogP contribution in [0.1, 0.15) is 5.56 Å². The van der Waals surface area contributed by atoms with Crippen molar-refractivity contribution in [2.75, 3.05) is 11.1 Å². The number of hydrogen-bond donors (Lipinski definition) is 2. The Labute approximate surface area is 128 Å². The standard InChI is InChI=1S/C15H11BrF2N2O/c16-10-7-12(17)15(13(18)8-10)20-14(21)6-3-9-1-4-11(19)5-2-9/h1-8H,19H2,(H,20,21)/b6-3+. The molecule has 21 heavy (non-hydrogen) atoms. The molecule has 0 saturated carbocycles. The van der Waals surface area contributed by atoms with E-state index in [9.17, 15) is 13.6 Å². The lowest BCUT2D eigenvalue weighted by Crippen LogP contribution is -2.11. The van der Waals surface area contributed by atoms with Crippen LogP contribution in [0.15, 0.2) is 46.9 Å². The molecule has 0 radical (unpaired) electrons. The van der Waals surface area contributed by atoms with E-state index in [-0.39, 0.29) is 4.47 Å². The molecule has 0 aliphatic rings. The summed E-state index contributed by atoms with van der Waals surface area (Å²) in [6.07, 6.45) is 2.70. The van der Waals surface area contributed by atoms with Crippen LogP contribution in [-0.2, 0) is 4.79 Å². The molecule has 3 N–H and O–H groups in total. The Morgan fingerprint density at radius 3 is 2.29 bits per heavy atom. The number of nitrogens with two attached hydrogens (primary N) is 1. The van der Waals surface area contributed by atoms with Crippen molar-refractivity contribution in [3.8, 4) is 0 Å². The Bertz CT molecular complexity index is 676. The average molecular weight is 353 g/mol. The first kappa shape index (κ1) is 15.2. The molecular formula is C15H11BrF2N2O. The normalized spacial score (nSPS) is 10.8. The van der Waals surface area contributed by atoms with Crippen LogP contribution >= 0.6 is 15.9 Å². The molecule has 2 rings (SSSR count). The number of benzene rings is 2. The Morgan fingerprint density at radius 2 is 1.71 bits per heavy atom. The molecule has 1 amide bonds. The highest BCUT2D eigenvalue weighted by Crippen LogP contribution is 2.23. The predicted octanol–water partition coefficient (Wildman–Crippen LogP) is 3.96. The second-order valence-electron chi connectivity index (χ2n) is 4.23. The summed E-state index contributed by atoms with van der Waals surface area (Å²) in [5.41, 5.74) is 6.41. The summed E-state index contributed by atoms with van der Waals surface area (Å²) in [7, 11) is 0. The van der Waals surface area contributed by atoms with Gasteiger partial charge in [0.2, 0.25) is 5.91 Å². The fraction of sp³-hybridized carbons (Fsp3) is 0. The quantitative estimate of drug-likeness (QED) is 0.648. The monoisotopic (exact) mass is 352 g/mol. The molecule has 0 bridgehead atoms. The number of nitrogens with one attached hydrogen (secondary N) is 1. The molecule has 0 saturated heterocycles. The molecule has 108 valence electrons. The zero-order valence-electron chi connectivity index (χ0n) is 10.7. The van der Waals surface area contributed by atoms with Crippen LogP contribution in [-0.4, -0.2) is 5.91 Å². The van der Waals surface area contributed by atoms with E-state index in [1.54, 1.807) is 24.3 Å². The molecule has 0 aliphatic heterocycles. The minimum absolute atomic E-state index is 0.257. The molecule has 0 heterocycles. The Morgan fingerprint density at radius 1 is 1.14 bits per heavy atom. The van der Waals surface area contributed by atoms with Gasteiger partial charge in [0.25, 0.3) is 0 Å². The highest BCUT2D eigenvalue weighted by molar-refractivity contribution is 9.10. The Hall–Kier alpha value is -2.21. The van der Waals surface area contributed by atoms with E-state index in [4.69, 9.17) is 5.73 Å². The van der Waals surface area contributed by atoms with Crippen LogP contribution in [0.4, 0.5) is 20.2 Å². The SMILES string of the molecule is Nc1ccc(/C=C/C(=O)Nc2c(F)cc(Br)cc2F)cc1. The van der Waals surface area contributed by atoms with Crippen molar-refractivity contribution in [2.45, 2.75) is 0 Å². The maximum atomic E-state index is 13.6. The lowest BCUT2D eigenvalue weighted by Gasteiger charge is -2.06. The molecule has 2 aromatic rings. The summed E-state index contributed by atoms with van der Waals surface area (Å²) in [6.45, 7) is 0. The van der Waals surface area contributed by atoms with Crippen LogP contribution in [0.5, 0.6) is 0 Å². The van der Waals surface area contributed by atoms with Gasteiger partial charge in [-0.3, -0.25) is 4.79 Å². The van der Waals surface area contributed by atoms with Crippen LogP contribution in [0.3, 0.4) is 0 Å². The smallest absolute Gasteiger partial charge is 0.248 e. The molecule has 2 aromatic carbocycles. The van der Waals surface area contributed by atoms with Gasteiger partial charge in [0.1, 0.15) is 5.69 Å². The number of carbonyl (C=O) groups excluding carboxylic acids is 1. The first-order valence-electron chi connectivity index (χ1n) is 5.95. The lowest BCUT2D eigenvalue weighted by molar-refractivity contribution is -0.111. The van der Waals surface area contributed by atoms with Gasteiger partial charge < -0.3 is 11.1 Å². The van der Waals surface area contributed by atoms with E-state index in [0.29, 0.717) is 5.69 Å². The number of nitrogen functional groups attached to an aromatic ring is 1. The zero-order chi connectivity index (χ0) is 15.4. The van der Waals surface area contributed by atoms with Crippen molar-refractivity contribution >= 4 is 39.3 Å². The fourth-order valence-electron chi connectivity index (χ4n) is 1.61. The van der Waals surface area contributed by atoms with E-state index < -0.39 is 23.2 Å². The minimum Gasteiger partial charge on any atom is -0.399 e. The molecule has 6 heteroatoms. The maximum absolute atomic E-state index is 13.6. The van der Waals surface area contributed by atoms with E-state index in [1.807, 2.05) is 0 Å². The topological polar surface area (TPSA) is 55.1 Å². The third-order valence-electron chi connectivity index (χ3n) is 2.62. The van der Waals surface area contributed by atoms with Gasteiger partial charge in [-0.2, -0.15) is 0 Å². The second kappa shape index (κ2) is 6.49. The van der Waals surface area contributed by atoms with Gasteiger partial charge in [0, 0.05) is 16.2 Å². The summed E-state index contributed by atoms with van der Waals surface area (Å²) in [5.74, 6) is -2.33. The summed E-state index contributed by atoms with van der Waals surface area (Å²) >= 11 is 2.96. The second-order valence-corrected chi connectivity index (χ2v) is 5.15. The first-order chi connectivity index (χ1) is 9.95. The predicted molar refractivity (Wildman–Crippen MR) is 82.6 cm³/mol. The van der Waals surface area contributed by atoms with Gasteiger partial charge in [-0.05, 0) is 35.9 Å². The molecule has 0 spiro atoms. The van der Waals surface area contributed by atoms with Gasteiger partial charge in [-0.1, -0.05) is 28.1 Å². The molecule has 0 unspecified atom stereocenters. The van der Waals surface area contributed by atoms with Crippen LogP contribution in [0.2, 0.25) is 0 Å². The van der Waals surface area contributed by atoms with E-state index in [1.165, 1.54) is 12.2 Å². The van der Waals surface area contributed by atoms with Gasteiger partial charge in [0.05, 0.1) is 0 Å². The summed E-state index contributed by atoms with van der Waals surface area (Å²) < 4.78 is 27.4. The van der Waals surface area contributed by atoms with Crippen molar-refractivity contribution in [1.82, 2.24) is 0 Å². The van der Waals surface area contributed by atoms with Crippen molar-refractivity contribution < 1.29 is 13.6 Å². The minimum atomic E-state index is -0.851. The Balaban J connectivity index is 2.10. The molecule has 0 fully saturated rings. The third kappa shape index (κ3) is 4.13. The fourth-order valence-corrected chi connectivity index (χ4v) is 2.01. The van der Waals surface area contributed by atoms with Crippen LogP contribution < -0.4 is 11.1 Å². The highest BCUT2D eigenvalue weighted by atomic mass is 79.9. The summed E-state index contributed by atoms with van der Waals surface area (Å²) in [5, 5.41) is 2.17. The number of halogens is 3. The van der Waals surface area contributed by atoms with Crippen molar-refractivity contribution in [1.29, 1.82) is 0 Å². The van der Waals surface area contributed by atoms with Gasteiger partial charge in [0.15, 0.2) is 11.6 Å². The Kier molecular flexibility index (Phi) is 4.70. The molecular weight excluding hydrogens is 342 g/mol. The van der Waals surface area contributed by atoms with Gasteiger partial charge >= 0.3 is 0 Å². The molecule has 3 nitrogen and oxygen atoms in total. The van der Waals surface area contributed by atoms with E-state index in [2.05, 4.69) is 21.2 Å². The number of hydrogen-bond acceptors (Lipinski definition) is 2. The number of anilines is 2. The first-order valence-corrected chi connectivity index (χ1v) is 6.74. The molecule has 0 aromatic heterocycles. The van der Waals surface area contributed by atoms with Gasteiger partial charge in [-0.25, -0.2) is 8.78 Å². The zero-order valence-corrected chi connectivity index (χ0v) is 12.3. The lowest BCUT2D eigenvalue weighted by atomic mass is 10.2. The summed E-state index contributed by atoms with van der Waals surface area (Å²) in [4.78, 5) is 11.7. The van der Waals surface area contributed by atoms with Gasteiger partial charge in [-0.15, -0.1) is 0 Å². The molecule has 0 atom stereocenters. The van der Waals surface area contributed by atoms with Crippen molar-refractivity contribution in [2.24, 2.45) is 0 Å². The van der Waals surface area contributed by atoms with Crippen molar-refractivity contribution in [3.05, 3.63) is 64.1 Å². The highest BCUT2D eigenvalue weighted by Gasteiger charge is 2.12. The number of carbonyl (C=O) groups is 1. The van der Waals surface area contributed by atoms with Crippen LogP contribution in [0.25, 0.3) is 6.08 Å². The largest absolute Gasteiger partial charge is 0.399 e. The van der Waals surface area contributed by atoms with Crippen molar-refractivity contribution in [3.63, 3.8) is 0 Å². The number of rotatable bonds is 3. The maximum Gasteiger partial charge on any atom is 0.248 e. The average Bonchev–Trinajstić information content (AvgIpc) is 2.42. The van der Waals surface area contributed by atoms with E-state index in [0.717, 1.165) is 17.7 Å². The third-order valence-corrected chi connectivity index (χ3v) is 3.08. The van der Waals surface area contributed by atoms with Crippen LogP contribution in [0, 0.1) is 11.6 Å².